The van der Waals surface area contributed by atoms with Gasteiger partial charge >= 0.3 is 11.7 Å². The molecule has 1 aromatic carbocycles. The Balaban J connectivity index is 3.12. The van der Waals surface area contributed by atoms with Gasteiger partial charge in [-0.15, -0.1) is 0 Å². The molecule has 1 rings (SSSR count). The van der Waals surface area contributed by atoms with Crippen LogP contribution in [0.3, 0.4) is 0 Å². The zero-order valence-corrected chi connectivity index (χ0v) is 8.08. The van der Waals surface area contributed by atoms with Crippen molar-refractivity contribution in [3.63, 3.8) is 0 Å². The molecule has 0 aliphatic rings. The molecule has 2 N–H and O–H groups in total. The molecule has 0 aromatic heterocycles. The quantitative estimate of drug-likeness (QED) is 0.258. The maximum Gasteiger partial charge on any atom is 0.325 e. The highest BCUT2D eigenvalue weighted by Gasteiger charge is 2.18. The summed E-state index contributed by atoms with van der Waals surface area (Å²) in [5, 5.41) is 10.6. The van der Waals surface area contributed by atoms with Gasteiger partial charge in [-0.3, -0.25) is 19.7 Å². The van der Waals surface area contributed by atoms with E-state index in [1.54, 1.807) is 0 Å². The average molecular weight is 224 g/mol. The van der Waals surface area contributed by atoms with Crippen LogP contribution < -0.4 is 10.5 Å². The molecule has 0 heterocycles. The van der Waals surface area contributed by atoms with Gasteiger partial charge in [0.15, 0.2) is 0 Å². The fourth-order valence-corrected chi connectivity index (χ4v) is 1.00. The number of nitrogens with two attached hydrogens (primary N) is 1. The van der Waals surface area contributed by atoms with Crippen LogP contribution in [0.5, 0.6) is 5.75 Å². The maximum atomic E-state index is 10.9. The molecule has 0 fully saturated rings. The minimum Gasteiger partial charge on any atom is -0.418 e. The molecule has 16 heavy (non-hydrogen) atoms. The zero-order valence-electron chi connectivity index (χ0n) is 8.08. The number of nitro benzene ring substituents is 1. The Hall–Kier alpha value is -2.28. The van der Waals surface area contributed by atoms with Gasteiger partial charge in [-0.25, -0.2) is 0 Å². The number of benzene rings is 1. The van der Waals surface area contributed by atoms with Crippen LogP contribution in [0.15, 0.2) is 18.2 Å². The highest BCUT2D eigenvalue weighted by atomic mass is 16.6. The second kappa shape index (κ2) is 4.99. The van der Waals surface area contributed by atoms with Crippen molar-refractivity contribution in [3.8, 4) is 5.75 Å². The maximum absolute atomic E-state index is 10.9. The summed E-state index contributed by atoms with van der Waals surface area (Å²) >= 11 is 0. The number of ether oxygens (including phenoxy) is 1. The largest absolute Gasteiger partial charge is 0.418 e. The highest BCUT2D eigenvalue weighted by Crippen LogP contribution is 2.27. The first-order valence-corrected chi connectivity index (χ1v) is 4.23. The zero-order chi connectivity index (χ0) is 12.1. The van der Waals surface area contributed by atoms with E-state index in [9.17, 15) is 19.7 Å². The fourth-order valence-electron chi connectivity index (χ4n) is 1.00. The van der Waals surface area contributed by atoms with E-state index in [0.717, 1.165) is 6.07 Å². The Kier molecular flexibility index (Phi) is 3.67. The van der Waals surface area contributed by atoms with Crippen LogP contribution in [-0.2, 0) is 4.79 Å². The molecule has 0 amide bonds. The molecule has 0 unspecified atom stereocenters. The van der Waals surface area contributed by atoms with Crippen molar-refractivity contribution in [2.45, 2.75) is 0 Å². The summed E-state index contributed by atoms with van der Waals surface area (Å²) in [7, 11) is 0. The second-order valence-corrected chi connectivity index (χ2v) is 2.78. The van der Waals surface area contributed by atoms with E-state index >= 15 is 0 Å². The number of carbonyl (C=O) groups is 2. The summed E-state index contributed by atoms with van der Waals surface area (Å²) in [6.07, 6.45) is 0.460. The van der Waals surface area contributed by atoms with Crippen molar-refractivity contribution < 1.29 is 19.2 Å². The van der Waals surface area contributed by atoms with Crippen molar-refractivity contribution in [1.29, 1.82) is 0 Å². The van der Waals surface area contributed by atoms with E-state index in [-0.39, 0.29) is 17.9 Å². The Morgan fingerprint density at radius 2 is 2.25 bits per heavy atom. The van der Waals surface area contributed by atoms with Crippen LogP contribution in [0, 0.1) is 10.1 Å². The molecular formula is C9H8N2O5. The van der Waals surface area contributed by atoms with Gasteiger partial charge in [0.2, 0.25) is 5.75 Å². The minimum absolute atomic E-state index is 0.124. The monoisotopic (exact) mass is 224 g/mol. The van der Waals surface area contributed by atoms with Crippen LogP contribution in [0.2, 0.25) is 0 Å². The molecule has 0 saturated carbocycles. The molecule has 0 radical (unpaired) electrons. The SMILES string of the molecule is NCC(=O)Oc1ccc(C=O)cc1[N+](=O)[O-]. The van der Waals surface area contributed by atoms with E-state index < -0.39 is 16.6 Å². The van der Waals surface area contributed by atoms with E-state index in [2.05, 4.69) is 4.74 Å². The second-order valence-electron chi connectivity index (χ2n) is 2.78. The van der Waals surface area contributed by atoms with E-state index in [1.807, 2.05) is 0 Å². The van der Waals surface area contributed by atoms with E-state index in [1.165, 1.54) is 12.1 Å². The van der Waals surface area contributed by atoms with Gasteiger partial charge in [0, 0.05) is 11.6 Å². The molecule has 0 aliphatic carbocycles. The summed E-state index contributed by atoms with van der Waals surface area (Å²) < 4.78 is 4.63. The first-order chi connectivity index (χ1) is 7.58. The predicted octanol–water partition coefficient (Wildman–Crippen LogP) is 0.271. The van der Waals surface area contributed by atoms with Crippen molar-refractivity contribution in [1.82, 2.24) is 0 Å². The summed E-state index contributed by atoms with van der Waals surface area (Å²) in [4.78, 5) is 31.2. The number of nitro groups is 1. The standard InChI is InChI=1S/C9H8N2O5/c10-4-9(13)16-8-2-1-6(5-12)3-7(8)11(14)15/h1-3,5H,4,10H2. The lowest BCUT2D eigenvalue weighted by molar-refractivity contribution is -0.385. The molecule has 1 aromatic rings. The number of esters is 1. The third-order valence-electron chi connectivity index (χ3n) is 1.71. The number of hydrogen-bond acceptors (Lipinski definition) is 6. The average Bonchev–Trinajstić information content (AvgIpc) is 2.29. The van der Waals surface area contributed by atoms with Gasteiger partial charge < -0.3 is 10.5 Å². The number of carbonyl (C=O) groups excluding carboxylic acids is 2. The Morgan fingerprint density at radius 1 is 1.56 bits per heavy atom. The summed E-state index contributed by atoms with van der Waals surface area (Å²) in [6.45, 7) is -0.382. The van der Waals surface area contributed by atoms with Crippen molar-refractivity contribution in [2.75, 3.05) is 6.54 Å². The van der Waals surface area contributed by atoms with Gasteiger partial charge in [-0.05, 0) is 12.1 Å². The molecule has 0 atom stereocenters. The summed E-state index contributed by atoms with van der Waals surface area (Å²) in [5.41, 5.74) is 4.67. The molecule has 7 nitrogen and oxygen atoms in total. The predicted molar refractivity (Wildman–Crippen MR) is 53.2 cm³/mol. The van der Waals surface area contributed by atoms with E-state index in [0.29, 0.717) is 6.29 Å². The van der Waals surface area contributed by atoms with Gasteiger partial charge in [0.05, 0.1) is 11.5 Å². The smallest absolute Gasteiger partial charge is 0.325 e. The Labute approximate surface area is 90.0 Å². The van der Waals surface area contributed by atoms with Crippen molar-refractivity contribution in [2.24, 2.45) is 5.73 Å². The van der Waals surface area contributed by atoms with Gasteiger partial charge in [-0.1, -0.05) is 0 Å². The molecular weight excluding hydrogens is 216 g/mol. The third kappa shape index (κ3) is 2.61. The lowest BCUT2D eigenvalue weighted by Gasteiger charge is -2.03. The van der Waals surface area contributed by atoms with Crippen LogP contribution in [0.25, 0.3) is 0 Å². The lowest BCUT2D eigenvalue weighted by atomic mass is 10.2. The minimum atomic E-state index is -0.790. The van der Waals surface area contributed by atoms with Crippen LogP contribution in [0.4, 0.5) is 5.69 Å². The number of aldehydes is 1. The van der Waals surface area contributed by atoms with Crippen molar-refractivity contribution in [3.05, 3.63) is 33.9 Å². The summed E-state index contributed by atoms with van der Waals surface area (Å²) in [5.74, 6) is -1.02. The Morgan fingerprint density at radius 3 is 2.75 bits per heavy atom. The fraction of sp³-hybridized carbons (Fsp3) is 0.111. The van der Waals surface area contributed by atoms with Crippen molar-refractivity contribution >= 4 is 17.9 Å². The first-order valence-electron chi connectivity index (χ1n) is 4.23. The molecule has 0 spiro atoms. The molecule has 0 bridgehead atoms. The molecule has 0 saturated heterocycles. The van der Waals surface area contributed by atoms with Gasteiger partial charge in [-0.2, -0.15) is 0 Å². The van der Waals surface area contributed by atoms with Crippen LogP contribution in [-0.4, -0.2) is 23.7 Å². The van der Waals surface area contributed by atoms with Gasteiger partial charge in [0.25, 0.3) is 0 Å². The molecule has 7 heteroatoms. The Bertz CT molecular complexity index is 444. The third-order valence-corrected chi connectivity index (χ3v) is 1.71. The normalized spacial score (nSPS) is 9.56. The number of rotatable bonds is 4. The van der Waals surface area contributed by atoms with Crippen LogP contribution in [0.1, 0.15) is 10.4 Å². The van der Waals surface area contributed by atoms with Gasteiger partial charge in [0.1, 0.15) is 6.29 Å². The topological polar surface area (TPSA) is 113 Å². The number of hydrogen-bond donors (Lipinski definition) is 1. The van der Waals surface area contributed by atoms with Crippen LogP contribution >= 0.6 is 0 Å². The lowest BCUT2D eigenvalue weighted by Crippen LogP contribution is -2.19. The molecule has 0 aliphatic heterocycles. The first kappa shape index (κ1) is 11.8. The summed E-state index contributed by atoms with van der Waals surface area (Å²) in [6, 6.07) is 3.50. The van der Waals surface area contributed by atoms with E-state index in [4.69, 9.17) is 5.73 Å². The molecule has 84 valence electrons. The number of nitrogens with zero attached hydrogens (tertiary/aromatic N) is 1. The highest BCUT2D eigenvalue weighted by molar-refractivity contribution is 5.79.